The Balaban J connectivity index is 2.53. The second-order valence-corrected chi connectivity index (χ2v) is 4.33. The third-order valence-corrected chi connectivity index (χ3v) is 3.42. The Labute approximate surface area is 92.1 Å². The number of aliphatic hydroxyl groups is 2. The monoisotopic (exact) mass is 216 g/mol. The van der Waals surface area contributed by atoms with Crippen molar-refractivity contribution in [3.8, 4) is 0 Å². The van der Waals surface area contributed by atoms with Crippen LogP contribution in [0.3, 0.4) is 0 Å². The second kappa shape index (κ2) is 7.17. The molecule has 1 aliphatic rings. The fourth-order valence-corrected chi connectivity index (χ4v) is 2.64. The smallest absolute Gasteiger partial charge is 0.0558 e. The van der Waals surface area contributed by atoms with Gasteiger partial charge in [-0.25, -0.2) is 0 Å². The van der Waals surface area contributed by atoms with Gasteiger partial charge in [-0.2, -0.15) is 0 Å². The van der Waals surface area contributed by atoms with Crippen LogP contribution in [-0.4, -0.2) is 54.0 Å². The summed E-state index contributed by atoms with van der Waals surface area (Å²) in [5.41, 5.74) is 5.77. The van der Waals surface area contributed by atoms with Gasteiger partial charge in [-0.05, 0) is 25.3 Å². The van der Waals surface area contributed by atoms with Crippen molar-refractivity contribution in [2.45, 2.75) is 31.7 Å². The highest BCUT2D eigenvalue weighted by Gasteiger charge is 2.28. The first kappa shape index (κ1) is 12.9. The number of hydrogen-bond acceptors (Lipinski definition) is 4. The molecule has 0 spiro atoms. The summed E-state index contributed by atoms with van der Waals surface area (Å²) in [5.74, 6) is 0.539. The molecule has 1 aliphatic carbocycles. The van der Waals surface area contributed by atoms with Gasteiger partial charge in [0, 0.05) is 19.1 Å². The molecule has 2 atom stereocenters. The third-order valence-electron chi connectivity index (χ3n) is 3.42. The average Bonchev–Trinajstić information content (AvgIpc) is 2.29. The second-order valence-electron chi connectivity index (χ2n) is 4.33. The van der Waals surface area contributed by atoms with Crippen molar-refractivity contribution < 1.29 is 10.2 Å². The van der Waals surface area contributed by atoms with E-state index in [0.717, 1.165) is 13.0 Å². The van der Waals surface area contributed by atoms with E-state index >= 15 is 0 Å². The lowest BCUT2D eigenvalue weighted by molar-refractivity contribution is 0.0699. The van der Waals surface area contributed by atoms with E-state index in [4.69, 9.17) is 15.9 Å². The molecule has 0 radical (unpaired) electrons. The fourth-order valence-electron chi connectivity index (χ4n) is 2.64. The summed E-state index contributed by atoms with van der Waals surface area (Å²) in [5, 5.41) is 18.0. The molecule has 90 valence electrons. The van der Waals surface area contributed by atoms with Crippen molar-refractivity contribution in [2.24, 2.45) is 11.7 Å². The van der Waals surface area contributed by atoms with Crippen molar-refractivity contribution in [3.63, 3.8) is 0 Å². The summed E-state index contributed by atoms with van der Waals surface area (Å²) in [6.45, 7) is 2.35. The molecule has 0 aliphatic heterocycles. The van der Waals surface area contributed by atoms with Crippen LogP contribution in [0.2, 0.25) is 0 Å². The lowest BCUT2D eigenvalue weighted by Crippen LogP contribution is -2.47. The number of rotatable bonds is 6. The van der Waals surface area contributed by atoms with Gasteiger partial charge in [0.15, 0.2) is 0 Å². The Hall–Kier alpha value is -0.160. The molecule has 0 bridgehead atoms. The standard InChI is InChI=1S/C11H24N2O2/c12-9-10-3-1-2-4-11(10)13(5-7-14)6-8-15/h10-11,14-15H,1-9,12H2. The largest absolute Gasteiger partial charge is 0.395 e. The molecule has 0 aromatic heterocycles. The predicted molar refractivity (Wildman–Crippen MR) is 60.5 cm³/mol. The van der Waals surface area contributed by atoms with Gasteiger partial charge in [0.1, 0.15) is 0 Å². The summed E-state index contributed by atoms with van der Waals surface area (Å²) >= 11 is 0. The van der Waals surface area contributed by atoms with Gasteiger partial charge < -0.3 is 15.9 Å². The Bertz CT molecular complexity index is 161. The molecule has 0 aromatic carbocycles. The normalized spacial score (nSPS) is 27.2. The van der Waals surface area contributed by atoms with Gasteiger partial charge >= 0.3 is 0 Å². The summed E-state index contributed by atoms with van der Waals surface area (Å²) in [7, 11) is 0. The van der Waals surface area contributed by atoms with Crippen LogP contribution in [0.15, 0.2) is 0 Å². The molecule has 1 rings (SSSR count). The first-order chi connectivity index (χ1) is 7.33. The quantitative estimate of drug-likeness (QED) is 0.574. The third kappa shape index (κ3) is 3.72. The van der Waals surface area contributed by atoms with Gasteiger partial charge in [-0.3, -0.25) is 4.90 Å². The average molecular weight is 216 g/mol. The van der Waals surface area contributed by atoms with Crippen molar-refractivity contribution in [1.82, 2.24) is 4.90 Å². The zero-order valence-electron chi connectivity index (χ0n) is 9.44. The summed E-state index contributed by atoms with van der Waals surface area (Å²) in [6.07, 6.45) is 4.86. The number of nitrogens with two attached hydrogens (primary N) is 1. The summed E-state index contributed by atoms with van der Waals surface area (Å²) < 4.78 is 0. The highest BCUT2D eigenvalue weighted by molar-refractivity contribution is 4.83. The minimum absolute atomic E-state index is 0.161. The molecular weight excluding hydrogens is 192 g/mol. The first-order valence-electron chi connectivity index (χ1n) is 5.99. The molecule has 1 fully saturated rings. The number of hydrogen-bond donors (Lipinski definition) is 3. The summed E-state index contributed by atoms with van der Waals surface area (Å²) in [6, 6.07) is 0.461. The molecule has 4 heteroatoms. The van der Waals surface area contributed by atoms with Gasteiger partial charge in [0.25, 0.3) is 0 Å². The predicted octanol–water partition coefficient (Wildman–Crippen LogP) is -0.209. The van der Waals surface area contributed by atoms with Crippen LogP contribution >= 0.6 is 0 Å². The van der Waals surface area contributed by atoms with Gasteiger partial charge in [-0.1, -0.05) is 12.8 Å². The maximum Gasteiger partial charge on any atom is 0.0558 e. The lowest BCUT2D eigenvalue weighted by atomic mass is 9.83. The molecular formula is C11H24N2O2. The van der Waals surface area contributed by atoms with Gasteiger partial charge in [0.05, 0.1) is 13.2 Å². The van der Waals surface area contributed by atoms with Crippen LogP contribution in [0.25, 0.3) is 0 Å². The molecule has 4 nitrogen and oxygen atoms in total. The molecule has 2 unspecified atom stereocenters. The van der Waals surface area contributed by atoms with Crippen molar-refractivity contribution >= 4 is 0 Å². The van der Waals surface area contributed by atoms with Crippen LogP contribution in [-0.2, 0) is 0 Å². The van der Waals surface area contributed by atoms with Gasteiger partial charge in [-0.15, -0.1) is 0 Å². The highest BCUT2D eigenvalue weighted by Crippen LogP contribution is 2.27. The van der Waals surface area contributed by atoms with E-state index in [1.807, 2.05) is 0 Å². The fraction of sp³-hybridized carbons (Fsp3) is 1.00. The molecule has 15 heavy (non-hydrogen) atoms. The van der Waals surface area contributed by atoms with Crippen molar-refractivity contribution in [3.05, 3.63) is 0 Å². The van der Waals surface area contributed by atoms with E-state index in [-0.39, 0.29) is 13.2 Å². The van der Waals surface area contributed by atoms with Crippen LogP contribution in [0.5, 0.6) is 0 Å². The minimum Gasteiger partial charge on any atom is -0.395 e. The highest BCUT2D eigenvalue weighted by atomic mass is 16.3. The van der Waals surface area contributed by atoms with E-state index in [1.54, 1.807) is 0 Å². The molecule has 0 saturated heterocycles. The van der Waals surface area contributed by atoms with E-state index in [9.17, 15) is 0 Å². The van der Waals surface area contributed by atoms with Gasteiger partial charge in [0.2, 0.25) is 0 Å². The minimum atomic E-state index is 0.161. The van der Waals surface area contributed by atoms with E-state index in [0.29, 0.717) is 25.0 Å². The molecule has 0 amide bonds. The number of nitrogens with zero attached hydrogens (tertiary/aromatic N) is 1. The van der Waals surface area contributed by atoms with E-state index in [1.165, 1.54) is 19.3 Å². The Morgan fingerprint density at radius 1 is 1.07 bits per heavy atom. The first-order valence-corrected chi connectivity index (χ1v) is 5.99. The zero-order valence-corrected chi connectivity index (χ0v) is 9.44. The number of aliphatic hydroxyl groups excluding tert-OH is 2. The van der Waals surface area contributed by atoms with Crippen LogP contribution in [0, 0.1) is 5.92 Å². The topological polar surface area (TPSA) is 69.7 Å². The summed E-state index contributed by atoms with van der Waals surface area (Å²) in [4.78, 5) is 2.19. The van der Waals surface area contributed by atoms with Crippen molar-refractivity contribution in [1.29, 1.82) is 0 Å². The maximum absolute atomic E-state index is 9.00. The van der Waals surface area contributed by atoms with E-state index < -0.39 is 0 Å². The SMILES string of the molecule is NCC1CCCCC1N(CCO)CCO. The van der Waals surface area contributed by atoms with Crippen molar-refractivity contribution in [2.75, 3.05) is 32.8 Å². The molecule has 4 N–H and O–H groups in total. The van der Waals surface area contributed by atoms with E-state index in [2.05, 4.69) is 4.90 Å². The Kier molecular flexibility index (Phi) is 6.17. The maximum atomic E-state index is 9.00. The van der Waals surface area contributed by atoms with Crippen LogP contribution in [0.1, 0.15) is 25.7 Å². The Morgan fingerprint density at radius 2 is 1.67 bits per heavy atom. The lowest BCUT2D eigenvalue weighted by Gasteiger charge is -2.39. The molecule has 0 aromatic rings. The van der Waals surface area contributed by atoms with Crippen LogP contribution in [0.4, 0.5) is 0 Å². The Morgan fingerprint density at radius 3 is 2.20 bits per heavy atom. The zero-order chi connectivity index (χ0) is 11.1. The van der Waals surface area contributed by atoms with Crippen LogP contribution < -0.4 is 5.73 Å². The molecule has 0 heterocycles. The molecule has 1 saturated carbocycles.